The summed E-state index contributed by atoms with van der Waals surface area (Å²) >= 11 is 0. The third-order valence-electron chi connectivity index (χ3n) is 2.31. The molecule has 0 radical (unpaired) electrons. The van der Waals surface area contributed by atoms with Gasteiger partial charge in [0.25, 0.3) is 0 Å². The van der Waals surface area contributed by atoms with Crippen LogP contribution in [0.1, 0.15) is 35.2 Å². The number of alkyl halides is 3. The lowest BCUT2D eigenvalue weighted by Gasteiger charge is -2.07. The number of Topliss-reactive ketones (excluding diaryl/α,β-unsaturated/α-hetero) is 1. The summed E-state index contributed by atoms with van der Waals surface area (Å²) in [5, 5.41) is 8.39. The molecule has 0 heterocycles. The van der Waals surface area contributed by atoms with Gasteiger partial charge in [-0.15, -0.1) is 0 Å². The monoisotopic (exact) mass is 260 g/mol. The first-order valence-electron chi connectivity index (χ1n) is 5.23. The van der Waals surface area contributed by atoms with Crippen LogP contribution in [0.5, 0.6) is 0 Å². The van der Waals surface area contributed by atoms with Gasteiger partial charge in [0.15, 0.2) is 5.78 Å². The van der Waals surface area contributed by atoms with E-state index in [-0.39, 0.29) is 24.8 Å². The summed E-state index contributed by atoms with van der Waals surface area (Å²) in [6.45, 7) is 0. The van der Waals surface area contributed by atoms with E-state index in [9.17, 15) is 22.8 Å². The molecule has 1 aromatic rings. The standard InChI is InChI=1S/C12H11F3O3/c13-12(14,15)9-4-1-3-8(7-9)10(16)5-2-6-11(17)18/h1,3-4,7H,2,5-6H2,(H,17,18). The van der Waals surface area contributed by atoms with Gasteiger partial charge in [0.2, 0.25) is 0 Å². The summed E-state index contributed by atoms with van der Waals surface area (Å²) in [5.74, 6) is -1.52. The van der Waals surface area contributed by atoms with Crippen LogP contribution < -0.4 is 0 Å². The molecule has 0 aliphatic carbocycles. The number of carbonyl (C=O) groups is 2. The number of benzene rings is 1. The molecule has 1 aromatic carbocycles. The average molecular weight is 260 g/mol. The van der Waals surface area contributed by atoms with Gasteiger partial charge in [0.05, 0.1) is 5.56 Å². The highest BCUT2D eigenvalue weighted by Crippen LogP contribution is 2.29. The van der Waals surface area contributed by atoms with Crippen LogP contribution in [-0.2, 0) is 11.0 Å². The number of hydrogen-bond donors (Lipinski definition) is 1. The maximum absolute atomic E-state index is 12.4. The number of aliphatic carboxylic acids is 1. The molecule has 0 aromatic heterocycles. The first-order valence-corrected chi connectivity index (χ1v) is 5.23. The predicted octanol–water partition coefficient (Wildman–Crippen LogP) is 3.14. The fourth-order valence-corrected chi connectivity index (χ4v) is 1.41. The Morgan fingerprint density at radius 3 is 2.39 bits per heavy atom. The normalized spacial score (nSPS) is 11.3. The Bertz CT molecular complexity index is 452. The molecule has 98 valence electrons. The molecule has 0 atom stereocenters. The molecule has 1 N–H and O–H groups in total. The second-order valence-electron chi connectivity index (χ2n) is 3.75. The van der Waals surface area contributed by atoms with E-state index < -0.39 is 23.5 Å². The molecule has 0 fully saturated rings. The maximum atomic E-state index is 12.4. The molecular formula is C12H11F3O3. The molecule has 0 saturated carbocycles. The lowest BCUT2D eigenvalue weighted by atomic mass is 10.0. The van der Waals surface area contributed by atoms with E-state index in [1.807, 2.05) is 0 Å². The number of ketones is 1. The van der Waals surface area contributed by atoms with Gasteiger partial charge >= 0.3 is 12.1 Å². The Hall–Kier alpha value is -1.85. The van der Waals surface area contributed by atoms with Crippen molar-refractivity contribution in [1.82, 2.24) is 0 Å². The van der Waals surface area contributed by atoms with Crippen molar-refractivity contribution < 1.29 is 27.9 Å². The minimum Gasteiger partial charge on any atom is -0.481 e. The SMILES string of the molecule is O=C(O)CCCC(=O)c1cccc(C(F)(F)F)c1. The largest absolute Gasteiger partial charge is 0.481 e. The van der Waals surface area contributed by atoms with Crippen molar-refractivity contribution >= 4 is 11.8 Å². The van der Waals surface area contributed by atoms with Crippen molar-refractivity contribution in [3.63, 3.8) is 0 Å². The second-order valence-corrected chi connectivity index (χ2v) is 3.75. The van der Waals surface area contributed by atoms with Crippen LogP contribution in [0.3, 0.4) is 0 Å². The average Bonchev–Trinajstić information content (AvgIpc) is 2.27. The van der Waals surface area contributed by atoms with Crippen LogP contribution in [-0.4, -0.2) is 16.9 Å². The predicted molar refractivity (Wildman–Crippen MR) is 57.3 cm³/mol. The topological polar surface area (TPSA) is 54.4 Å². The molecular weight excluding hydrogens is 249 g/mol. The van der Waals surface area contributed by atoms with E-state index in [2.05, 4.69) is 0 Å². The third kappa shape index (κ3) is 4.20. The minimum absolute atomic E-state index is 0.0461. The van der Waals surface area contributed by atoms with Gasteiger partial charge in [-0.25, -0.2) is 0 Å². The van der Waals surface area contributed by atoms with Gasteiger partial charge < -0.3 is 5.11 Å². The first kappa shape index (κ1) is 14.2. The molecule has 0 spiro atoms. The molecule has 18 heavy (non-hydrogen) atoms. The lowest BCUT2D eigenvalue weighted by Crippen LogP contribution is -2.07. The Kier molecular flexibility index (Phi) is 4.47. The van der Waals surface area contributed by atoms with Crippen molar-refractivity contribution in [3.05, 3.63) is 35.4 Å². The number of hydrogen-bond acceptors (Lipinski definition) is 2. The Morgan fingerprint density at radius 1 is 1.17 bits per heavy atom. The lowest BCUT2D eigenvalue weighted by molar-refractivity contribution is -0.138. The van der Waals surface area contributed by atoms with Gasteiger partial charge in [-0.2, -0.15) is 13.2 Å². The van der Waals surface area contributed by atoms with E-state index in [1.165, 1.54) is 6.07 Å². The fraction of sp³-hybridized carbons (Fsp3) is 0.333. The number of carbonyl (C=O) groups excluding carboxylic acids is 1. The van der Waals surface area contributed by atoms with Gasteiger partial charge in [-0.3, -0.25) is 9.59 Å². The zero-order valence-corrected chi connectivity index (χ0v) is 9.33. The molecule has 0 unspecified atom stereocenters. The van der Waals surface area contributed by atoms with Crippen molar-refractivity contribution in [3.8, 4) is 0 Å². The van der Waals surface area contributed by atoms with Crippen LogP contribution in [0, 0.1) is 0 Å². The van der Waals surface area contributed by atoms with Gasteiger partial charge in [0.1, 0.15) is 0 Å². The summed E-state index contributed by atoms with van der Waals surface area (Å²) in [4.78, 5) is 21.8. The minimum atomic E-state index is -4.49. The van der Waals surface area contributed by atoms with E-state index in [0.717, 1.165) is 18.2 Å². The maximum Gasteiger partial charge on any atom is 0.416 e. The van der Waals surface area contributed by atoms with Crippen LogP contribution in [0.25, 0.3) is 0 Å². The highest BCUT2D eigenvalue weighted by atomic mass is 19.4. The molecule has 3 nitrogen and oxygen atoms in total. The van der Waals surface area contributed by atoms with Gasteiger partial charge in [-0.1, -0.05) is 12.1 Å². The highest BCUT2D eigenvalue weighted by molar-refractivity contribution is 5.96. The Balaban J connectivity index is 2.72. The Morgan fingerprint density at radius 2 is 1.83 bits per heavy atom. The fourth-order valence-electron chi connectivity index (χ4n) is 1.41. The van der Waals surface area contributed by atoms with Crippen LogP contribution in [0.15, 0.2) is 24.3 Å². The number of carboxylic acids is 1. The van der Waals surface area contributed by atoms with E-state index in [4.69, 9.17) is 5.11 Å². The third-order valence-corrected chi connectivity index (χ3v) is 2.31. The summed E-state index contributed by atoms with van der Waals surface area (Å²) in [7, 11) is 0. The van der Waals surface area contributed by atoms with E-state index >= 15 is 0 Å². The molecule has 6 heteroatoms. The number of halogens is 3. The number of carboxylic acid groups (broad SMARTS) is 1. The molecule has 0 aliphatic heterocycles. The first-order chi connectivity index (χ1) is 8.30. The summed E-state index contributed by atoms with van der Waals surface area (Å²) in [6, 6.07) is 4.11. The Labute approximate surface area is 101 Å². The van der Waals surface area contributed by atoms with Crippen molar-refractivity contribution in [2.24, 2.45) is 0 Å². The molecule has 0 aliphatic rings. The number of rotatable bonds is 5. The molecule has 1 rings (SSSR count). The van der Waals surface area contributed by atoms with Crippen molar-refractivity contribution in [2.75, 3.05) is 0 Å². The van der Waals surface area contributed by atoms with E-state index in [0.29, 0.717) is 0 Å². The van der Waals surface area contributed by atoms with Crippen LogP contribution in [0.4, 0.5) is 13.2 Å². The van der Waals surface area contributed by atoms with Gasteiger partial charge in [0, 0.05) is 18.4 Å². The zero-order valence-electron chi connectivity index (χ0n) is 9.33. The summed E-state index contributed by atoms with van der Waals surface area (Å²) < 4.78 is 37.2. The van der Waals surface area contributed by atoms with Crippen LogP contribution >= 0.6 is 0 Å². The van der Waals surface area contributed by atoms with Crippen molar-refractivity contribution in [1.29, 1.82) is 0 Å². The molecule has 0 amide bonds. The smallest absolute Gasteiger partial charge is 0.416 e. The summed E-state index contributed by atoms with van der Waals surface area (Å²) in [6.07, 6.45) is -4.62. The van der Waals surface area contributed by atoms with Crippen LogP contribution in [0.2, 0.25) is 0 Å². The molecule has 0 saturated heterocycles. The summed E-state index contributed by atoms with van der Waals surface area (Å²) in [5.41, 5.74) is -0.929. The quantitative estimate of drug-likeness (QED) is 0.827. The molecule has 0 bridgehead atoms. The second kappa shape index (κ2) is 5.66. The highest BCUT2D eigenvalue weighted by Gasteiger charge is 2.30. The van der Waals surface area contributed by atoms with E-state index in [1.54, 1.807) is 0 Å². The zero-order chi connectivity index (χ0) is 13.8. The van der Waals surface area contributed by atoms with Gasteiger partial charge in [-0.05, 0) is 18.6 Å². The van der Waals surface area contributed by atoms with Crippen molar-refractivity contribution in [2.45, 2.75) is 25.4 Å².